The second kappa shape index (κ2) is 11.4. The average molecular weight is 514 g/mol. The third-order valence-corrected chi connectivity index (χ3v) is 7.50. The van der Waals surface area contributed by atoms with Gasteiger partial charge in [-0.1, -0.05) is 67.9 Å². The molecule has 4 rings (SSSR count). The van der Waals surface area contributed by atoms with Crippen LogP contribution in [0, 0.1) is 11.3 Å². The van der Waals surface area contributed by atoms with E-state index >= 15 is 0 Å². The Morgan fingerprint density at radius 2 is 1.83 bits per heavy atom. The molecular weight excluding hydrogens is 478 g/mol. The number of fused-ring (bicyclic) bond motifs is 1. The summed E-state index contributed by atoms with van der Waals surface area (Å²) in [6, 6.07) is 16.2. The van der Waals surface area contributed by atoms with E-state index in [0.717, 1.165) is 17.5 Å². The van der Waals surface area contributed by atoms with Crippen molar-refractivity contribution in [2.75, 3.05) is 7.11 Å². The second-order valence-corrected chi connectivity index (χ2v) is 9.75. The summed E-state index contributed by atoms with van der Waals surface area (Å²) in [5.74, 6) is -0.202. The zero-order valence-electron chi connectivity index (χ0n) is 20.8. The van der Waals surface area contributed by atoms with Crippen LogP contribution >= 0.6 is 12.4 Å². The van der Waals surface area contributed by atoms with Crippen molar-refractivity contribution >= 4 is 30.1 Å². The lowest BCUT2D eigenvalue weighted by Crippen LogP contribution is -2.69. The second-order valence-electron chi connectivity index (χ2n) is 9.75. The van der Waals surface area contributed by atoms with E-state index in [1.807, 2.05) is 42.5 Å². The molecule has 0 aromatic heterocycles. The van der Waals surface area contributed by atoms with Crippen molar-refractivity contribution < 1.29 is 14.3 Å². The van der Waals surface area contributed by atoms with Crippen LogP contribution in [0.4, 0.5) is 0 Å². The van der Waals surface area contributed by atoms with Gasteiger partial charge >= 0.3 is 0 Å². The number of carbonyl (C=O) groups is 2. The van der Waals surface area contributed by atoms with Crippen LogP contribution < -0.4 is 16.8 Å². The number of rotatable bonds is 8. The molecule has 9 heteroatoms. The minimum atomic E-state index is -1.14. The summed E-state index contributed by atoms with van der Waals surface area (Å²) in [4.78, 5) is 29.0. The van der Waals surface area contributed by atoms with Crippen molar-refractivity contribution in [3.05, 3.63) is 71.3 Å². The molecule has 2 aromatic rings. The van der Waals surface area contributed by atoms with Crippen molar-refractivity contribution in [1.82, 2.24) is 10.2 Å². The Bertz CT molecular complexity index is 1080. The number of nitrogens with two attached hydrogens (primary N) is 2. The Morgan fingerprint density at radius 3 is 2.42 bits per heavy atom. The van der Waals surface area contributed by atoms with E-state index in [0.29, 0.717) is 31.4 Å². The average Bonchev–Trinajstić information content (AvgIpc) is 3.26. The number of amidine groups is 1. The first-order valence-electron chi connectivity index (χ1n) is 12.2. The molecule has 0 bridgehead atoms. The van der Waals surface area contributed by atoms with E-state index in [4.69, 9.17) is 21.6 Å². The first-order valence-corrected chi connectivity index (χ1v) is 12.2. The maximum atomic E-state index is 13.9. The maximum Gasteiger partial charge on any atom is 0.244 e. The van der Waals surface area contributed by atoms with Crippen molar-refractivity contribution in [1.29, 1.82) is 5.41 Å². The number of benzene rings is 2. The van der Waals surface area contributed by atoms with E-state index in [-0.39, 0.29) is 48.1 Å². The van der Waals surface area contributed by atoms with Crippen molar-refractivity contribution in [3.8, 4) is 0 Å². The predicted molar refractivity (Wildman–Crippen MR) is 142 cm³/mol. The van der Waals surface area contributed by atoms with Gasteiger partial charge in [-0.15, -0.1) is 12.4 Å². The van der Waals surface area contributed by atoms with Crippen LogP contribution in [-0.4, -0.2) is 53.4 Å². The molecule has 1 unspecified atom stereocenters. The van der Waals surface area contributed by atoms with Crippen molar-refractivity contribution in [2.24, 2.45) is 17.4 Å². The molecular formula is C27H36ClN5O3. The van der Waals surface area contributed by atoms with Gasteiger partial charge in [0.05, 0.1) is 12.1 Å². The van der Waals surface area contributed by atoms with Crippen LogP contribution in [0.5, 0.6) is 0 Å². The summed E-state index contributed by atoms with van der Waals surface area (Å²) < 4.78 is 5.87. The molecule has 0 saturated carbocycles. The van der Waals surface area contributed by atoms with Gasteiger partial charge in [0.15, 0.2) is 0 Å². The quantitative estimate of drug-likeness (QED) is 0.317. The van der Waals surface area contributed by atoms with Crippen LogP contribution in [0.2, 0.25) is 0 Å². The zero-order chi connectivity index (χ0) is 25.2. The van der Waals surface area contributed by atoms with E-state index in [1.165, 1.54) is 0 Å². The fourth-order valence-electron chi connectivity index (χ4n) is 5.64. The predicted octanol–water partition coefficient (Wildman–Crippen LogP) is 2.36. The molecule has 0 radical (unpaired) electrons. The number of carbonyl (C=O) groups excluding carboxylic acids is 2. The zero-order valence-corrected chi connectivity index (χ0v) is 21.6. The molecule has 0 aliphatic carbocycles. The molecule has 2 aliphatic rings. The number of hydrogen-bond acceptors (Lipinski definition) is 5. The van der Waals surface area contributed by atoms with Gasteiger partial charge in [-0.05, 0) is 29.9 Å². The number of halogens is 1. The molecule has 8 nitrogen and oxygen atoms in total. The number of nitrogen functional groups attached to an aromatic ring is 1. The molecule has 2 saturated heterocycles. The molecule has 2 heterocycles. The number of hydrogen-bond donors (Lipinski definition) is 4. The fourth-order valence-corrected chi connectivity index (χ4v) is 5.64. The highest BCUT2D eigenvalue weighted by Crippen LogP contribution is 2.42. The fraction of sp³-hybridized carbons (Fsp3) is 0.444. The molecule has 5 atom stereocenters. The van der Waals surface area contributed by atoms with Crippen molar-refractivity contribution in [2.45, 2.75) is 62.9 Å². The third-order valence-electron chi connectivity index (χ3n) is 7.50. The van der Waals surface area contributed by atoms with Crippen LogP contribution in [-0.2, 0) is 27.3 Å². The smallest absolute Gasteiger partial charge is 0.244 e. The van der Waals surface area contributed by atoms with Crippen LogP contribution in [0.3, 0.4) is 0 Å². The van der Waals surface area contributed by atoms with Gasteiger partial charge in [-0.2, -0.15) is 0 Å². The molecule has 6 N–H and O–H groups in total. The minimum Gasteiger partial charge on any atom is -0.384 e. The van der Waals surface area contributed by atoms with Gasteiger partial charge in [-0.3, -0.25) is 15.0 Å². The molecule has 2 aliphatic heterocycles. The van der Waals surface area contributed by atoms with E-state index in [9.17, 15) is 9.59 Å². The number of piperidine rings is 1. The summed E-state index contributed by atoms with van der Waals surface area (Å²) in [5.41, 5.74) is 13.7. The van der Waals surface area contributed by atoms with Gasteiger partial charge < -0.3 is 26.4 Å². The van der Waals surface area contributed by atoms with Crippen molar-refractivity contribution in [3.63, 3.8) is 0 Å². The minimum absolute atomic E-state index is 0. The third kappa shape index (κ3) is 5.40. The lowest BCUT2D eigenvalue weighted by molar-refractivity contribution is -0.157. The monoisotopic (exact) mass is 513 g/mol. The van der Waals surface area contributed by atoms with Gasteiger partial charge in [0.1, 0.15) is 17.4 Å². The number of ether oxygens (including phenoxy) is 1. The standard InChI is InChI=1S/C27H35N5O3.ClH/c1-3-19-13-21(25(33)31-16-18-9-11-20(12-10-18)24(28)29)32-23(19)22(35-2)15-27(30,26(32)34)14-17-7-5-4-6-8-17;/h4-12,19,21-23H,3,13-16,30H2,1-2H3,(H3,28,29)(H,31,33);1H/t19-,21?,22+,23+,27+;/m1./s1. The lowest BCUT2D eigenvalue weighted by Gasteiger charge is -2.47. The van der Waals surface area contributed by atoms with Gasteiger partial charge in [0, 0.05) is 25.6 Å². The van der Waals surface area contributed by atoms with E-state index in [1.54, 1.807) is 24.1 Å². The number of nitrogens with zero attached hydrogens (tertiary/aromatic N) is 1. The molecule has 2 amide bonds. The molecule has 194 valence electrons. The Labute approximate surface area is 218 Å². The normalized spacial score (nSPS) is 27.2. The molecule has 2 aromatic carbocycles. The Kier molecular flexibility index (Phi) is 8.76. The largest absolute Gasteiger partial charge is 0.384 e. The van der Waals surface area contributed by atoms with Crippen LogP contribution in [0.1, 0.15) is 42.9 Å². The number of amides is 2. The molecule has 2 fully saturated rings. The highest BCUT2D eigenvalue weighted by atomic mass is 35.5. The summed E-state index contributed by atoms with van der Waals surface area (Å²) in [7, 11) is 1.66. The van der Waals surface area contributed by atoms with Gasteiger partial charge in [-0.25, -0.2) is 0 Å². The highest BCUT2D eigenvalue weighted by Gasteiger charge is 2.58. The summed E-state index contributed by atoms with van der Waals surface area (Å²) >= 11 is 0. The molecule has 0 spiro atoms. The maximum absolute atomic E-state index is 13.9. The number of nitrogens with one attached hydrogen (secondary N) is 2. The summed E-state index contributed by atoms with van der Waals surface area (Å²) in [6.07, 6.45) is 2.02. The highest BCUT2D eigenvalue weighted by molar-refractivity contribution is 5.95. The SMILES string of the molecule is CC[C@@H]1CC(C(=O)NCc2ccc(C(=N)N)cc2)N2C(=O)[C@](N)(Cc3ccccc3)C[C@H](OC)[C@H]12.Cl. The first-order chi connectivity index (χ1) is 16.8. The summed E-state index contributed by atoms with van der Waals surface area (Å²) in [6.45, 7) is 2.41. The van der Waals surface area contributed by atoms with Crippen LogP contribution in [0.25, 0.3) is 0 Å². The van der Waals surface area contributed by atoms with Gasteiger partial charge in [0.2, 0.25) is 11.8 Å². The van der Waals surface area contributed by atoms with Crippen LogP contribution in [0.15, 0.2) is 54.6 Å². The van der Waals surface area contributed by atoms with Gasteiger partial charge in [0.25, 0.3) is 0 Å². The van der Waals surface area contributed by atoms with E-state index < -0.39 is 11.6 Å². The topological polar surface area (TPSA) is 135 Å². The first kappa shape index (κ1) is 27.6. The van der Waals surface area contributed by atoms with E-state index in [2.05, 4.69) is 12.2 Å². The Hall–Kier alpha value is -2.94. The lowest BCUT2D eigenvalue weighted by atomic mass is 9.77. The Morgan fingerprint density at radius 1 is 1.17 bits per heavy atom. The summed E-state index contributed by atoms with van der Waals surface area (Å²) in [5, 5.41) is 10.5. The Balaban J connectivity index is 0.00000361. The number of methoxy groups -OCH3 is 1. The molecule has 36 heavy (non-hydrogen) atoms.